The molecule has 2 amide bonds. The number of methoxy groups -OCH3 is 1. The second-order valence-electron chi connectivity index (χ2n) is 9.06. The number of anilines is 1. The first-order valence-corrected chi connectivity index (χ1v) is 12.8. The summed E-state index contributed by atoms with van der Waals surface area (Å²) in [5.74, 6) is 1.75. The maximum Gasteiger partial charge on any atom is 0.259 e. The van der Waals surface area contributed by atoms with Crippen LogP contribution >= 0.6 is 11.8 Å². The Morgan fingerprint density at radius 2 is 1.80 bits per heavy atom. The number of para-hydroxylation sites is 3. The average molecular weight is 492 g/mol. The highest BCUT2D eigenvalue weighted by atomic mass is 32.2. The molecule has 0 radical (unpaired) electrons. The number of fused-ring (bicyclic) bond motifs is 3. The van der Waals surface area contributed by atoms with Crippen LogP contribution in [0.5, 0.6) is 5.75 Å². The lowest BCUT2D eigenvalue weighted by Crippen LogP contribution is -2.49. The highest BCUT2D eigenvalue weighted by Crippen LogP contribution is 2.35. The zero-order valence-corrected chi connectivity index (χ0v) is 21.0. The minimum atomic E-state index is -0.430. The normalized spacial score (nSPS) is 19.4. The smallest absolute Gasteiger partial charge is 0.259 e. The van der Waals surface area contributed by atoms with Crippen molar-refractivity contribution >= 4 is 46.0 Å². The van der Waals surface area contributed by atoms with E-state index in [1.165, 1.54) is 11.8 Å². The number of nitrogens with zero attached hydrogens (tertiary/aromatic N) is 5. The number of piperazine rings is 1. The van der Waals surface area contributed by atoms with Crippen LogP contribution in [0.3, 0.4) is 0 Å². The Kier molecular flexibility index (Phi) is 6.51. The SMILES string of the molecule is COc1ccccc1N1CCN(C(=O)CSC2=Nc3ccccc3C3=NC(C(C)C)C(=O)N23)CC1. The molecule has 0 spiro atoms. The number of aliphatic imine (C=N–C) groups is 2. The number of rotatable bonds is 5. The fourth-order valence-corrected chi connectivity index (χ4v) is 5.51. The van der Waals surface area contributed by atoms with Gasteiger partial charge in [-0.25, -0.2) is 9.89 Å². The monoisotopic (exact) mass is 491 g/mol. The quantitative estimate of drug-likeness (QED) is 0.641. The van der Waals surface area contributed by atoms with Crippen molar-refractivity contribution in [2.24, 2.45) is 15.9 Å². The summed E-state index contributed by atoms with van der Waals surface area (Å²) in [6.45, 7) is 6.74. The number of carbonyl (C=O) groups is 2. The van der Waals surface area contributed by atoms with Crippen molar-refractivity contribution in [3.05, 3.63) is 54.1 Å². The van der Waals surface area contributed by atoms with Crippen molar-refractivity contribution in [2.75, 3.05) is 43.9 Å². The van der Waals surface area contributed by atoms with Gasteiger partial charge in [0.2, 0.25) is 5.91 Å². The average Bonchev–Trinajstić information content (AvgIpc) is 3.25. The van der Waals surface area contributed by atoms with Crippen LogP contribution in [0.25, 0.3) is 0 Å². The van der Waals surface area contributed by atoms with E-state index in [9.17, 15) is 9.59 Å². The number of amides is 2. The molecule has 0 saturated carbocycles. The van der Waals surface area contributed by atoms with E-state index in [-0.39, 0.29) is 23.5 Å². The Hall–Kier alpha value is -3.33. The Morgan fingerprint density at radius 1 is 1.09 bits per heavy atom. The second-order valence-corrected chi connectivity index (χ2v) is 10.00. The lowest BCUT2D eigenvalue weighted by Gasteiger charge is -2.36. The highest BCUT2D eigenvalue weighted by Gasteiger charge is 2.42. The van der Waals surface area contributed by atoms with Gasteiger partial charge in [-0.2, -0.15) is 0 Å². The van der Waals surface area contributed by atoms with E-state index in [1.54, 1.807) is 12.0 Å². The second kappa shape index (κ2) is 9.73. The molecule has 8 nitrogen and oxygen atoms in total. The summed E-state index contributed by atoms with van der Waals surface area (Å²) >= 11 is 1.31. The molecule has 2 aromatic carbocycles. The topological polar surface area (TPSA) is 77.8 Å². The van der Waals surface area contributed by atoms with Crippen LogP contribution in [-0.4, -0.2) is 77.7 Å². The van der Waals surface area contributed by atoms with Crippen LogP contribution in [-0.2, 0) is 9.59 Å². The van der Waals surface area contributed by atoms with Gasteiger partial charge in [-0.15, -0.1) is 0 Å². The summed E-state index contributed by atoms with van der Waals surface area (Å²) in [5, 5.41) is 0.525. The van der Waals surface area contributed by atoms with E-state index in [2.05, 4.69) is 4.90 Å². The summed E-state index contributed by atoms with van der Waals surface area (Å²) in [5.41, 5.74) is 2.68. The molecule has 1 atom stereocenters. The molecule has 0 aliphatic carbocycles. The molecule has 182 valence electrons. The molecule has 0 bridgehead atoms. The number of thioether (sulfide) groups is 1. The van der Waals surface area contributed by atoms with Gasteiger partial charge in [0.05, 0.1) is 24.2 Å². The van der Waals surface area contributed by atoms with E-state index in [0.29, 0.717) is 24.1 Å². The minimum Gasteiger partial charge on any atom is -0.495 e. The third-order valence-electron chi connectivity index (χ3n) is 6.51. The fraction of sp³-hybridized carbons (Fsp3) is 0.385. The maximum absolute atomic E-state index is 13.2. The van der Waals surface area contributed by atoms with Crippen molar-refractivity contribution in [1.29, 1.82) is 0 Å². The first kappa shape index (κ1) is 23.4. The zero-order valence-electron chi connectivity index (χ0n) is 20.2. The van der Waals surface area contributed by atoms with E-state index < -0.39 is 6.04 Å². The van der Waals surface area contributed by atoms with Gasteiger partial charge in [-0.3, -0.25) is 14.6 Å². The molecule has 3 heterocycles. The molecule has 0 aromatic heterocycles. The van der Waals surface area contributed by atoms with Crippen molar-refractivity contribution in [1.82, 2.24) is 9.80 Å². The van der Waals surface area contributed by atoms with Gasteiger partial charge in [0.15, 0.2) is 5.17 Å². The maximum atomic E-state index is 13.2. The fourth-order valence-electron chi connectivity index (χ4n) is 4.61. The van der Waals surface area contributed by atoms with Gasteiger partial charge in [0.1, 0.15) is 17.6 Å². The molecule has 0 N–H and O–H groups in total. The van der Waals surface area contributed by atoms with Crippen LogP contribution in [0.2, 0.25) is 0 Å². The molecule has 3 aliphatic rings. The van der Waals surface area contributed by atoms with Crippen molar-refractivity contribution < 1.29 is 14.3 Å². The summed E-state index contributed by atoms with van der Waals surface area (Å²) in [7, 11) is 1.67. The van der Waals surface area contributed by atoms with E-state index in [4.69, 9.17) is 14.7 Å². The van der Waals surface area contributed by atoms with Gasteiger partial charge in [-0.1, -0.05) is 49.9 Å². The Bertz CT molecular complexity index is 1200. The lowest BCUT2D eigenvalue weighted by molar-refractivity contribution is -0.128. The van der Waals surface area contributed by atoms with Crippen LogP contribution in [0.15, 0.2) is 58.5 Å². The van der Waals surface area contributed by atoms with Crippen molar-refractivity contribution in [3.63, 3.8) is 0 Å². The standard InChI is InChI=1S/C26H29N5O3S/c1-17(2)23-25(33)31-24(28-23)18-8-4-5-9-19(18)27-26(31)35-16-22(32)30-14-12-29(13-15-30)20-10-6-7-11-21(20)34-3/h4-11,17,23H,12-16H2,1-3H3. The molecule has 2 aromatic rings. The van der Waals surface area contributed by atoms with Crippen LogP contribution in [0.1, 0.15) is 19.4 Å². The lowest BCUT2D eigenvalue weighted by atomic mass is 10.1. The minimum absolute atomic E-state index is 0.0433. The third kappa shape index (κ3) is 4.40. The summed E-state index contributed by atoms with van der Waals surface area (Å²) in [6.07, 6.45) is 0. The van der Waals surface area contributed by atoms with Gasteiger partial charge in [0.25, 0.3) is 5.91 Å². The van der Waals surface area contributed by atoms with Crippen LogP contribution in [0.4, 0.5) is 11.4 Å². The van der Waals surface area contributed by atoms with Gasteiger partial charge >= 0.3 is 0 Å². The number of ether oxygens (including phenoxy) is 1. The molecular weight excluding hydrogens is 462 g/mol. The van der Waals surface area contributed by atoms with E-state index in [0.717, 1.165) is 35.8 Å². The van der Waals surface area contributed by atoms with Crippen molar-refractivity contribution in [2.45, 2.75) is 19.9 Å². The number of benzene rings is 2. The molecule has 5 rings (SSSR count). The zero-order chi connectivity index (χ0) is 24.5. The number of carbonyl (C=O) groups excluding carboxylic acids is 2. The van der Waals surface area contributed by atoms with E-state index in [1.807, 2.05) is 67.3 Å². The molecule has 35 heavy (non-hydrogen) atoms. The molecule has 1 saturated heterocycles. The Morgan fingerprint density at radius 3 is 2.54 bits per heavy atom. The predicted octanol–water partition coefficient (Wildman–Crippen LogP) is 3.39. The Balaban J connectivity index is 1.26. The van der Waals surface area contributed by atoms with Gasteiger partial charge in [0, 0.05) is 31.7 Å². The number of amidine groups is 2. The third-order valence-corrected chi connectivity index (χ3v) is 7.44. The van der Waals surface area contributed by atoms with Crippen molar-refractivity contribution in [3.8, 4) is 5.75 Å². The number of hydrogen-bond acceptors (Lipinski definition) is 7. The molecule has 3 aliphatic heterocycles. The summed E-state index contributed by atoms with van der Waals surface area (Å²) < 4.78 is 5.49. The Labute approximate surface area is 209 Å². The van der Waals surface area contributed by atoms with Crippen LogP contribution in [0, 0.1) is 5.92 Å². The first-order valence-electron chi connectivity index (χ1n) is 11.9. The predicted molar refractivity (Wildman–Crippen MR) is 140 cm³/mol. The number of hydrogen-bond donors (Lipinski definition) is 0. The van der Waals surface area contributed by atoms with Gasteiger partial charge < -0.3 is 14.5 Å². The highest BCUT2D eigenvalue weighted by molar-refractivity contribution is 8.14. The molecule has 1 fully saturated rings. The molecular formula is C26H29N5O3S. The van der Waals surface area contributed by atoms with Crippen LogP contribution < -0.4 is 9.64 Å². The van der Waals surface area contributed by atoms with Gasteiger partial charge in [-0.05, 0) is 30.2 Å². The summed E-state index contributed by atoms with van der Waals surface area (Å²) in [6, 6.07) is 15.2. The molecule has 9 heteroatoms. The summed E-state index contributed by atoms with van der Waals surface area (Å²) in [4.78, 5) is 41.4. The van der Waals surface area contributed by atoms with E-state index >= 15 is 0 Å². The largest absolute Gasteiger partial charge is 0.495 e. The first-order chi connectivity index (χ1) is 17.0. The molecule has 1 unspecified atom stereocenters.